The van der Waals surface area contributed by atoms with Gasteiger partial charge in [0.25, 0.3) is 0 Å². The van der Waals surface area contributed by atoms with Crippen molar-refractivity contribution in [2.45, 2.75) is 85.5 Å². The van der Waals surface area contributed by atoms with E-state index in [0.717, 1.165) is 0 Å². The minimum absolute atomic E-state index is 0.0103. The lowest BCUT2D eigenvalue weighted by Gasteiger charge is -2.27. The van der Waals surface area contributed by atoms with Crippen molar-refractivity contribution in [1.82, 2.24) is 4.57 Å². The molecule has 0 aliphatic rings. The molecular formula is C37H43N. The summed E-state index contributed by atoms with van der Waals surface area (Å²) in [7, 11) is 0. The van der Waals surface area contributed by atoms with Crippen LogP contribution >= 0.6 is 0 Å². The highest BCUT2D eigenvalue weighted by Crippen LogP contribution is 2.45. The van der Waals surface area contributed by atoms with Crippen LogP contribution in [0.2, 0.25) is 0 Å². The Bertz CT molecular complexity index is 1610. The third-order valence-electron chi connectivity index (χ3n) is 7.91. The van der Waals surface area contributed by atoms with Crippen LogP contribution in [0.1, 0.15) is 84.6 Å². The zero-order valence-corrected chi connectivity index (χ0v) is 25.0. The molecule has 1 aromatic heterocycles. The Labute approximate surface area is 229 Å². The molecule has 1 nitrogen and oxygen atoms in total. The second-order valence-corrected chi connectivity index (χ2v) is 14.1. The Hall–Kier alpha value is -3.32. The molecule has 0 fully saturated rings. The number of aromatic nitrogens is 1. The van der Waals surface area contributed by atoms with Gasteiger partial charge in [0.05, 0.1) is 11.0 Å². The lowest BCUT2D eigenvalue weighted by Crippen LogP contribution is -2.16. The van der Waals surface area contributed by atoms with Crippen molar-refractivity contribution in [3.8, 4) is 16.8 Å². The van der Waals surface area contributed by atoms with Gasteiger partial charge in [0.1, 0.15) is 0 Å². The molecule has 0 saturated heterocycles. The van der Waals surface area contributed by atoms with Gasteiger partial charge in [-0.2, -0.15) is 0 Å². The van der Waals surface area contributed by atoms with Crippen molar-refractivity contribution in [2.24, 2.45) is 0 Å². The van der Waals surface area contributed by atoms with Gasteiger partial charge in [-0.05, 0) is 80.8 Å². The van der Waals surface area contributed by atoms with E-state index in [1.165, 1.54) is 60.9 Å². The molecule has 1 heterocycles. The quantitative estimate of drug-likeness (QED) is 0.227. The van der Waals surface area contributed by atoms with E-state index < -0.39 is 0 Å². The fraction of sp³-hybridized carbons (Fsp3) is 0.351. The van der Waals surface area contributed by atoms with Crippen LogP contribution in [0, 0.1) is 6.92 Å². The Morgan fingerprint density at radius 1 is 0.526 bits per heavy atom. The molecule has 0 unspecified atom stereocenters. The monoisotopic (exact) mass is 501 g/mol. The molecular weight excluding hydrogens is 458 g/mol. The van der Waals surface area contributed by atoms with Gasteiger partial charge in [0.2, 0.25) is 0 Å². The van der Waals surface area contributed by atoms with Crippen molar-refractivity contribution < 1.29 is 0 Å². The van der Waals surface area contributed by atoms with Crippen LogP contribution in [-0.2, 0) is 16.2 Å². The van der Waals surface area contributed by atoms with Crippen molar-refractivity contribution in [1.29, 1.82) is 0 Å². The third kappa shape index (κ3) is 4.47. The number of para-hydroxylation sites is 1. The first-order chi connectivity index (χ1) is 17.7. The topological polar surface area (TPSA) is 4.93 Å². The summed E-state index contributed by atoms with van der Waals surface area (Å²) in [5.41, 5.74) is 12.1. The van der Waals surface area contributed by atoms with Gasteiger partial charge < -0.3 is 4.57 Å². The number of benzene rings is 4. The number of aryl methyl sites for hydroxylation is 1. The van der Waals surface area contributed by atoms with Gasteiger partial charge in [-0.15, -0.1) is 0 Å². The Morgan fingerprint density at radius 3 is 1.66 bits per heavy atom. The molecule has 0 saturated carbocycles. The molecule has 1 heteroatoms. The smallest absolute Gasteiger partial charge is 0.0547 e. The number of nitrogens with zero attached hydrogens (tertiary/aromatic N) is 1. The summed E-state index contributed by atoms with van der Waals surface area (Å²) in [6.07, 6.45) is 0. The first kappa shape index (κ1) is 26.3. The predicted octanol–water partition coefficient (Wildman–Crippen LogP) is 10.7. The van der Waals surface area contributed by atoms with Gasteiger partial charge in [0, 0.05) is 16.5 Å². The number of hydrogen-bond acceptors (Lipinski definition) is 0. The van der Waals surface area contributed by atoms with E-state index >= 15 is 0 Å². The van der Waals surface area contributed by atoms with E-state index in [-0.39, 0.29) is 16.2 Å². The van der Waals surface area contributed by atoms with Crippen LogP contribution in [0.4, 0.5) is 0 Å². The van der Waals surface area contributed by atoms with E-state index in [9.17, 15) is 0 Å². The van der Waals surface area contributed by atoms with Gasteiger partial charge in [-0.25, -0.2) is 0 Å². The molecule has 0 atom stereocenters. The van der Waals surface area contributed by atoms with Gasteiger partial charge in [-0.3, -0.25) is 0 Å². The van der Waals surface area contributed by atoms with E-state index in [0.29, 0.717) is 0 Å². The van der Waals surface area contributed by atoms with Crippen molar-refractivity contribution >= 4 is 21.8 Å². The summed E-state index contributed by atoms with van der Waals surface area (Å²) in [5.74, 6) is 0. The Balaban J connectivity index is 2.00. The maximum Gasteiger partial charge on any atom is 0.0547 e. The zero-order chi connectivity index (χ0) is 27.6. The highest BCUT2D eigenvalue weighted by Gasteiger charge is 2.27. The molecule has 0 bridgehead atoms. The minimum Gasteiger partial charge on any atom is -0.309 e. The van der Waals surface area contributed by atoms with Crippen LogP contribution in [0.25, 0.3) is 38.6 Å². The predicted molar refractivity (Wildman–Crippen MR) is 167 cm³/mol. The van der Waals surface area contributed by atoms with Crippen LogP contribution in [0.3, 0.4) is 0 Å². The number of rotatable bonds is 2. The SMILES string of the molecule is Cc1ccc2c(c1C(C)(C)C)c1c(-c3cc(C(C)(C)C)cc(C(C)(C)C)c3)cccc1n2-c1ccccc1. The summed E-state index contributed by atoms with van der Waals surface area (Å²) >= 11 is 0. The number of hydrogen-bond donors (Lipinski definition) is 0. The van der Waals surface area contributed by atoms with Crippen LogP contribution < -0.4 is 0 Å². The maximum atomic E-state index is 2.46. The lowest BCUT2D eigenvalue weighted by molar-refractivity contribution is 0.569. The first-order valence-electron chi connectivity index (χ1n) is 14.0. The molecule has 0 aliphatic carbocycles. The molecule has 38 heavy (non-hydrogen) atoms. The first-order valence-corrected chi connectivity index (χ1v) is 14.0. The summed E-state index contributed by atoms with van der Waals surface area (Å²) in [4.78, 5) is 0. The fourth-order valence-electron chi connectivity index (χ4n) is 5.97. The zero-order valence-electron chi connectivity index (χ0n) is 25.0. The molecule has 4 aromatic carbocycles. The standard InChI is InChI=1S/C37H43N/c1-24-19-20-31-33(34(24)37(8,9)10)32-29(17-14-18-30(32)38(31)28-15-12-11-13-16-28)25-21-26(35(2,3)4)23-27(22-25)36(5,6)7/h11-23H,1-10H3. The largest absolute Gasteiger partial charge is 0.309 e. The van der Waals surface area contributed by atoms with Crippen molar-refractivity contribution in [2.75, 3.05) is 0 Å². The molecule has 0 spiro atoms. The molecule has 0 N–H and O–H groups in total. The highest BCUT2D eigenvalue weighted by atomic mass is 15.0. The molecule has 5 rings (SSSR count). The van der Waals surface area contributed by atoms with Gasteiger partial charge in [0.15, 0.2) is 0 Å². The molecule has 0 radical (unpaired) electrons. The maximum absolute atomic E-state index is 2.46. The van der Waals surface area contributed by atoms with E-state index in [2.05, 4.69) is 153 Å². The molecule has 0 amide bonds. The minimum atomic E-state index is 0.0103. The fourth-order valence-corrected chi connectivity index (χ4v) is 5.97. The van der Waals surface area contributed by atoms with Gasteiger partial charge >= 0.3 is 0 Å². The Kier molecular flexibility index (Phi) is 6.14. The summed E-state index contributed by atoms with van der Waals surface area (Å²) in [6, 6.07) is 29.6. The average Bonchev–Trinajstić information content (AvgIpc) is 3.16. The number of fused-ring (bicyclic) bond motifs is 3. The van der Waals surface area contributed by atoms with Crippen LogP contribution in [0.15, 0.2) is 78.9 Å². The normalized spacial score (nSPS) is 13.0. The second-order valence-electron chi connectivity index (χ2n) is 14.1. The van der Waals surface area contributed by atoms with E-state index in [1.807, 2.05) is 0 Å². The molecule has 196 valence electrons. The highest BCUT2D eigenvalue weighted by molar-refractivity contribution is 6.17. The summed E-state index contributed by atoms with van der Waals surface area (Å²) in [5, 5.41) is 2.73. The second kappa shape index (κ2) is 8.87. The van der Waals surface area contributed by atoms with Crippen LogP contribution in [-0.4, -0.2) is 4.57 Å². The molecule has 0 aliphatic heterocycles. The lowest BCUT2D eigenvalue weighted by atomic mass is 9.78. The van der Waals surface area contributed by atoms with E-state index in [4.69, 9.17) is 0 Å². The molecule has 5 aromatic rings. The van der Waals surface area contributed by atoms with Crippen molar-refractivity contribution in [3.05, 3.63) is 101 Å². The Morgan fingerprint density at radius 2 is 1.11 bits per heavy atom. The summed E-state index contributed by atoms with van der Waals surface area (Å²) < 4.78 is 2.46. The average molecular weight is 502 g/mol. The van der Waals surface area contributed by atoms with Crippen molar-refractivity contribution in [3.63, 3.8) is 0 Å². The van der Waals surface area contributed by atoms with E-state index in [1.54, 1.807) is 0 Å². The van der Waals surface area contributed by atoms with Crippen LogP contribution in [0.5, 0.6) is 0 Å². The van der Waals surface area contributed by atoms with Gasteiger partial charge in [-0.1, -0.05) is 117 Å². The third-order valence-corrected chi connectivity index (χ3v) is 7.91. The summed E-state index contributed by atoms with van der Waals surface area (Å²) in [6.45, 7) is 23.2.